The lowest BCUT2D eigenvalue weighted by Crippen LogP contribution is -2.38. The summed E-state index contributed by atoms with van der Waals surface area (Å²) >= 11 is 0. The van der Waals surface area contributed by atoms with Gasteiger partial charge in [-0.15, -0.1) is 10.2 Å². The molecule has 3 heterocycles. The average Bonchev–Trinajstić information content (AvgIpc) is 3.30. The molecular formula is C18H22N4O4S. The summed E-state index contributed by atoms with van der Waals surface area (Å²) in [5, 5.41) is 7.90. The number of rotatable bonds is 4. The number of anilines is 1. The molecule has 4 rings (SSSR count). The second-order valence-electron chi connectivity index (χ2n) is 6.98. The largest absolute Gasteiger partial charge is 0.425 e. The maximum absolute atomic E-state index is 12.9. The average molecular weight is 390 g/mol. The summed E-state index contributed by atoms with van der Waals surface area (Å²) in [6.07, 6.45) is 2.70. The number of piperidine rings is 1. The van der Waals surface area contributed by atoms with Crippen LogP contribution in [-0.2, 0) is 14.8 Å². The molecule has 9 heteroatoms. The number of sulfonamides is 1. The number of aryl methyl sites for hydroxylation is 1. The van der Waals surface area contributed by atoms with E-state index in [9.17, 15) is 13.2 Å². The number of hydrogen-bond donors (Lipinski definition) is 0. The van der Waals surface area contributed by atoms with Crippen LogP contribution < -0.4 is 4.90 Å². The van der Waals surface area contributed by atoms with E-state index in [1.807, 2.05) is 0 Å². The molecular weight excluding hydrogens is 368 g/mol. The van der Waals surface area contributed by atoms with Crippen molar-refractivity contribution in [2.24, 2.45) is 0 Å². The van der Waals surface area contributed by atoms with E-state index in [1.54, 1.807) is 36.1 Å². The number of benzene rings is 1. The van der Waals surface area contributed by atoms with Crippen molar-refractivity contribution in [1.82, 2.24) is 14.5 Å². The van der Waals surface area contributed by atoms with Crippen LogP contribution in [0.1, 0.15) is 43.4 Å². The van der Waals surface area contributed by atoms with Gasteiger partial charge in [0, 0.05) is 44.6 Å². The smallest absolute Gasteiger partial charge is 0.243 e. The van der Waals surface area contributed by atoms with Gasteiger partial charge in [-0.05, 0) is 43.5 Å². The third-order valence-corrected chi connectivity index (χ3v) is 7.12. The maximum atomic E-state index is 12.9. The Morgan fingerprint density at radius 2 is 1.78 bits per heavy atom. The Labute approximate surface area is 158 Å². The quantitative estimate of drug-likeness (QED) is 0.793. The maximum Gasteiger partial charge on any atom is 0.243 e. The van der Waals surface area contributed by atoms with Crippen LogP contribution >= 0.6 is 0 Å². The Balaban J connectivity index is 1.45. The van der Waals surface area contributed by atoms with Gasteiger partial charge in [0.2, 0.25) is 27.7 Å². The molecule has 1 aromatic carbocycles. The highest BCUT2D eigenvalue weighted by Crippen LogP contribution is 2.31. The van der Waals surface area contributed by atoms with Gasteiger partial charge in [0.1, 0.15) is 0 Å². The van der Waals surface area contributed by atoms with Crippen LogP contribution in [-0.4, -0.2) is 48.5 Å². The summed E-state index contributed by atoms with van der Waals surface area (Å²) in [7, 11) is -3.55. The molecule has 144 valence electrons. The van der Waals surface area contributed by atoms with E-state index in [2.05, 4.69) is 10.2 Å². The minimum Gasteiger partial charge on any atom is -0.425 e. The molecule has 27 heavy (non-hydrogen) atoms. The molecule has 0 saturated carbocycles. The Morgan fingerprint density at radius 3 is 2.33 bits per heavy atom. The van der Waals surface area contributed by atoms with Crippen LogP contribution in [0.3, 0.4) is 0 Å². The number of aromatic nitrogens is 2. The van der Waals surface area contributed by atoms with Crippen molar-refractivity contribution in [2.45, 2.75) is 43.4 Å². The topological polar surface area (TPSA) is 96.6 Å². The van der Waals surface area contributed by atoms with Crippen LogP contribution in [0, 0.1) is 6.92 Å². The van der Waals surface area contributed by atoms with Crippen LogP contribution in [0.4, 0.5) is 5.69 Å². The molecule has 0 N–H and O–H groups in total. The number of amides is 1. The van der Waals surface area contributed by atoms with Crippen LogP contribution in [0.25, 0.3) is 0 Å². The van der Waals surface area contributed by atoms with Crippen LogP contribution in [0.5, 0.6) is 0 Å². The van der Waals surface area contributed by atoms with E-state index in [0.717, 1.165) is 12.1 Å². The minimum absolute atomic E-state index is 0.0870. The number of hydrogen-bond acceptors (Lipinski definition) is 6. The molecule has 1 aromatic heterocycles. The lowest BCUT2D eigenvalue weighted by atomic mass is 9.98. The standard InChI is InChI=1S/C18H22N4O4S/c1-13-19-20-18(26-13)14-8-11-21(12-9-14)27(24,25)16-6-4-15(5-7-16)22-10-2-3-17(22)23/h4-7,14H,2-3,8-12H2,1H3. The van der Waals surface area contributed by atoms with Crippen molar-refractivity contribution in [1.29, 1.82) is 0 Å². The SMILES string of the molecule is Cc1nnc(C2CCN(S(=O)(=O)c3ccc(N4CCCC4=O)cc3)CC2)o1. The van der Waals surface area contributed by atoms with E-state index >= 15 is 0 Å². The van der Waals surface area contributed by atoms with Gasteiger partial charge in [-0.3, -0.25) is 4.79 Å². The first-order chi connectivity index (χ1) is 12.9. The molecule has 2 aliphatic heterocycles. The van der Waals surface area contributed by atoms with Crippen molar-refractivity contribution in [2.75, 3.05) is 24.5 Å². The van der Waals surface area contributed by atoms with E-state index in [-0.39, 0.29) is 16.7 Å². The van der Waals surface area contributed by atoms with E-state index in [0.29, 0.717) is 50.7 Å². The highest BCUT2D eigenvalue weighted by molar-refractivity contribution is 7.89. The first-order valence-electron chi connectivity index (χ1n) is 9.16. The predicted molar refractivity (Wildman–Crippen MR) is 97.8 cm³/mol. The predicted octanol–water partition coefficient (Wildman–Crippen LogP) is 2.07. The van der Waals surface area contributed by atoms with Gasteiger partial charge in [-0.2, -0.15) is 4.31 Å². The van der Waals surface area contributed by atoms with Gasteiger partial charge in [0.15, 0.2) is 0 Å². The molecule has 2 saturated heterocycles. The molecule has 0 bridgehead atoms. The second-order valence-corrected chi connectivity index (χ2v) is 8.92. The molecule has 2 aromatic rings. The molecule has 0 aliphatic carbocycles. The van der Waals surface area contributed by atoms with E-state index < -0.39 is 10.0 Å². The van der Waals surface area contributed by atoms with E-state index in [1.165, 1.54) is 4.31 Å². The van der Waals surface area contributed by atoms with Crippen molar-refractivity contribution >= 4 is 21.6 Å². The normalized spacial score (nSPS) is 19.7. The van der Waals surface area contributed by atoms with Crippen molar-refractivity contribution in [3.05, 3.63) is 36.0 Å². The summed E-state index contributed by atoms with van der Waals surface area (Å²) in [5.74, 6) is 1.30. The molecule has 8 nitrogen and oxygen atoms in total. The summed E-state index contributed by atoms with van der Waals surface area (Å²) in [4.78, 5) is 13.8. The zero-order valence-electron chi connectivity index (χ0n) is 15.2. The first kappa shape index (κ1) is 18.1. The Kier molecular flexibility index (Phi) is 4.73. The van der Waals surface area contributed by atoms with Gasteiger partial charge >= 0.3 is 0 Å². The minimum atomic E-state index is -3.55. The van der Waals surface area contributed by atoms with Crippen LogP contribution in [0.2, 0.25) is 0 Å². The highest BCUT2D eigenvalue weighted by Gasteiger charge is 2.32. The Hall–Kier alpha value is -2.26. The molecule has 2 fully saturated rings. The first-order valence-corrected chi connectivity index (χ1v) is 10.6. The van der Waals surface area contributed by atoms with Crippen LogP contribution in [0.15, 0.2) is 33.6 Å². The zero-order valence-corrected chi connectivity index (χ0v) is 16.0. The summed E-state index contributed by atoms with van der Waals surface area (Å²) < 4.78 is 32.8. The lowest BCUT2D eigenvalue weighted by Gasteiger charge is -2.29. The van der Waals surface area contributed by atoms with Gasteiger partial charge in [-0.25, -0.2) is 8.42 Å². The third kappa shape index (κ3) is 3.49. The van der Waals surface area contributed by atoms with Gasteiger partial charge in [0.25, 0.3) is 0 Å². The Bertz CT molecular complexity index is 931. The molecule has 0 radical (unpaired) electrons. The monoisotopic (exact) mass is 390 g/mol. The van der Waals surface area contributed by atoms with Gasteiger partial charge in [-0.1, -0.05) is 0 Å². The summed E-state index contributed by atoms with van der Waals surface area (Å²) in [5.41, 5.74) is 0.752. The third-order valence-electron chi connectivity index (χ3n) is 5.20. The number of carbonyl (C=O) groups excluding carboxylic acids is 1. The number of nitrogens with zero attached hydrogens (tertiary/aromatic N) is 4. The molecule has 0 atom stereocenters. The fraction of sp³-hybridized carbons (Fsp3) is 0.500. The highest BCUT2D eigenvalue weighted by atomic mass is 32.2. The lowest BCUT2D eigenvalue weighted by molar-refractivity contribution is -0.117. The summed E-state index contributed by atoms with van der Waals surface area (Å²) in [6, 6.07) is 6.60. The molecule has 0 unspecified atom stereocenters. The van der Waals surface area contributed by atoms with Crippen molar-refractivity contribution in [3.8, 4) is 0 Å². The van der Waals surface area contributed by atoms with E-state index in [4.69, 9.17) is 4.42 Å². The van der Waals surface area contributed by atoms with Crippen molar-refractivity contribution < 1.29 is 17.6 Å². The van der Waals surface area contributed by atoms with Gasteiger partial charge < -0.3 is 9.32 Å². The molecule has 1 amide bonds. The summed E-state index contributed by atoms with van der Waals surface area (Å²) in [6.45, 7) is 3.27. The van der Waals surface area contributed by atoms with Crippen molar-refractivity contribution in [3.63, 3.8) is 0 Å². The zero-order chi connectivity index (χ0) is 19.0. The Morgan fingerprint density at radius 1 is 1.07 bits per heavy atom. The number of carbonyl (C=O) groups is 1. The fourth-order valence-corrected chi connectivity index (χ4v) is 5.16. The second kappa shape index (κ2) is 7.05. The fourth-order valence-electron chi connectivity index (χ4n) is 3.69. The molecule has 2 aliphatic rings. The molecule has 0 spiro atoms. The van der Waals surface area contributed by atoms with Gasteiger partial charge in [0.05, 0.1) is 4.90 Å².